The first-order valence-corrected chi connectivity index (χ1v) is 5.87. The minimum absolute atomic E-state index is 0.129. The molecule has 1 aliphatic rings. The average Bonchev–Trinajstić information content (AvgIpc) is 3.00. The molecule has 0 fully saturated rings. The second kappa shape index (κ2) is 4.69. The minimum Gasteiger partial charge on any atom is -0.351 e. The Morgan fingerprint density at radius 2 is 2.06 bits per heavy atom. The highest BCUT2D eigenvalue weighted by Crippen LogP contribution is 2.15. The maximum atomic E-state index is 5.87. The summed E-state index contributed by atoms with van der Waals surface area (Å²) >= 11 is 5.87. The number of nitrogens with one attached hydrogen (secondary N) is 1. The Bertz CT molecular complexity index is 558. The standard InChI is InChI=1S/C10H10ClN7/c11-8-15-9(14-7-3-1-2-4-7)17-10(16-8)18-6-12-5-13-18/h1-2,5-7H,3-4H2,(H,14,15,16,17). The molecule has 0 aromatic carbocycles. The number of rotatable bonds is 3. The normalized spacial score (nSPS) is 15.2. The molecule has 2 heterocycles. The molecule has 0 amide bonds. The molecule has 0 unspecified atom stereocenters. The fraction of sp³-hybridized carbons (Fsp3) is 0.300. The van der Waals surface area contributed by atoms with E-state index in [1.807, 2.05) is 0 Å². The first-order chi connectivity index (χ1) is 8.81. The van der Waals surface area contributed by atoms with Gasteiger partial charge in [-0.15, -0.1) is 0 Å². The number of nitrogens with zero attached hydrogens (tertiary/aromatic N) is 6. The van der Waals surface area contributed by atoms with Crippen LogP contribution in [0, 0.1) is 0 Å². The molecular formula is C10H10ClN7. The Labute approximate surface area is 108 Å². The van der Waals surface area contributed by atoms with E-state index in [4.69, 9.17) is 11.6 Å². The predicted octanol–water partition coefficient (Wildman–Crippen LogP) is 1.24. The van der Waals surface area contributed by atoms with Crippen LogP contribution >= 0.6 is 11.6 Å². The van der Waals surface area contributed by atoms with Gasteiger partial charge < -0.3 is 5.32 Å². The van der Waals surface area contributed by atoms with Crippen LogP contribution in [0.4, 0.5) is 5.95 Å². The van der Waals surface area contributed by atoms with Gasteiger partial charge in [-0.2, -0.15) is 24.7 Å². The SMILES string of the molecule is Clc1nc(NC2CC=CC2)nc(-n2cncn2)n1. The van der Waals surface area contributed by atoms with E-state index >= 15 is 0 Å². The summed E-state index contributed by atoms with van der Waals surface area (Å²) in [5.41, 5.74) is 0. The van der Waals surface area contributed by atoms with Gasteiger partial charge in [0.2, 0.25) is 11.2 Å². The smallest absolute Gasteiger partial charge is 0.258 e. The zero-order valence-electron chi connectivity index (χ0n) is 9.36. The van der Waals surface area contributed by atoms with Crippen LogP contribution in [0.15, 0.2) is 24.8 Å². The molecule has 7 nitrogen and oxygen atoms in total. The van der Waals surface area contributed by atoms with Crippen molar-refractivity contribution in [1.82, 2.24) is 29.7 Å². The molecule has 2 aromatic heterocycles. The van der Waals surface area contributed by atoms with Crippen LogP contribution < -0.4 is 5.32 Å². The van der Waals surface area contributed by atoms with Gasteiger partial charge in [0.1, 0.15) is 12.7 Å². The summed E-state index contributed by atoms with van der Waals surface area (Å²) in [6.07, 6.45) is 9.08. The van der Waals surface area contributed by atoms with E-state index in [0.29, 0.717) is 17.9 Å². The van der Waals surface area contributed by atoms with E-state index in [2.05, 4.69) is 42.5 Å². The third-order valence-electron chi connectivity index (χ3n) is 2.56. The van der Waals surface area contributed by atoms with Crippen LogP contribution in [-0.4, -0.2) is 35.8 Å². The molecule has 0 radical (unpaired) electrons. The molecule has 3 rings (SSSR count). The van der Waals surface area contributed by atoms with Crippen molar-refractivity contribution < 1.29 is 0 Å². The lowest BCUT2D eigenvalue weighted by atomic mass is 10.2. The lowest BCUT2D eigenvalue weighted by molar-refractivity contribution is 0.752. The summed E-state index contributed by atoms with van der Waals surface area (Å²) in [7, 11) is 0. The topological polar surface area (TPSA) is 81.4 Å². The van der Waals surface area contributed by atoms with Crippen molar-refractivity contribution in [2.75, 3.05) is 5.32 Å². The van der Waals surface area contributed by atoms with E-state index in [0.717, 1.165) is 12.8 Å². The lowest BCUT2D eigenvalue weighted by Gasteiger charge is -2.12. The largest absolute Gasteiger partial charge is 0.351 e. The molecule has 0 saturated heterocycles. The first-order valence-electron chi connectivity index (χ1n) is 5.49. The molecule has 18 heavy (non-hydrogen) atoms. The zero-order valence-corrected chi connectivity index (χ0v) is 10.1. The van der Waals surface area contributed by atoms with Crippen LogP contribution in [0.5, 0.6) is 0 Å². The van der Waals surface area contributed by atoms with E-state index < -0.39 is 0 Å². The van der Waals surface area contributed by atoms with Crippen molar-refractivity contribution in [3.8, 4) is 5.95 Å². The monoisotopic (exact) mass is 263 g/mol. The number of anilines is 1. The van der Waals surface area contributed by atoms with Crippen molar-refractivity contribution >= 4 is 17.5 Å². The molecular weight excluding hydrogens is 254 g/mol. The molecule has 92 valence electrons. The molecule has 0 saturated carbocycles. The molecule has 2 aromatic rings. The highest BCUT2D eigenvalue weighted by atomic mass is 35.5. The molecule has 0 bridgehead atoms. The lowest BCUT2D eigenvalue weighted by Crippen LogP contribution is -2.18. The maximum Gasteiger partial charge on any atom is 0.258 e. The van der Waals surface area contributed by atoms with Crippen molar-refractivity contribution in [2.24, 2.45) is 0 Å². The van der Waals surface area contributed by atoms with E-state index in [1.54, 1.807) is 0 Å². The summed E-state index contributed by atoms with van der Waals surface area (Å²) in [5.74, 6) is 0.801. The summed E-state index contributed by atoms with van der Waals surface area (Å²) < 4.78 is 1.44. The molecule has 0 spiro atoms. The Kier molecular flexibility index (Phi) is 2.89. The van der Waals surface area contributed by atoms with Crippen molar-refractivity contribution in [3.05, 3.63) is 30.1 Å². The van der Waals surface area contributed by atoms with Gasteiger partial charge in [0.25, 0.3) is 5.95 Å². The Balaban J connectivity index is 1.86. The highest BCUT2D eigenvalue weighted by molar-refractivity contribution is 6.28. The van der Waals surface area contributed by atoms with Gasteiger partial charge in [0.05, 0.1) is 0 Å². The Hall–Kier alpha value is -2.02. The van der Waals surface area contributed by atoms with E-state index in [9.17, 15) is 0 Å². The summed E-state index contributed by atoms with van der Waals surface area (Å²) in [6, 6.07) is 0.312. The molecule has 1 aliphatic carbocycles. The van der Waals surface area contributed by atoms with Gasteiger partial charge in [0.15, 0.2) is 0 Å². The average molecular weight is 264 g/mol. The van der Waals surface area contributed by atoms with Crippen LogP contribution in [0.25, 0.3) is 5.95 Å². The van der Waals surface area contributed by atoms with Gasteiger partial charge in [-0.25, -0.2) is 4.98 Å². The van der Waals surface area contributed by atoms with Crippen LogP contribution in [0.1, 0.15) is 12.8 Å². The van der Waals surface area contributed by atoms with Crippen molar-refractivity contribution in [1.29, 1.82) is 0 Å². The quantitative estimate of drug-likeness (QED) is 0.839. The number of hydrogen-bond acceptors (Lipinski definition) is 6. The second-order valence-electron chi connectivity index (χ2n) is 3.85. The number of halogens is 1. The second-order valence-corrected chi connectivity index (χ2v) is 4.19. The Morgan fingerprint density at radius 3 is 2.78 bits per heavy atom. The fourth-order valence-corrected chi connectivity index (χ4v) is 1.89. The van der Waals surface area contributed by atoms with Crippen LogP contribution in [0.3, 0.4) is 0 Å². The third-order valence-corrected chi connectivity index (χ3v) is 2.73. The summed E-state index contributed by atoms with van der Waals surface area (Å²) in [4.78, 5) is 16.1. The van der Waals surface area contributed by atoms with Gasteiger partial charge in [-0.05, 0) is 24.4 Å². The molecule has 1 N–H and O–H groups in total. The number of aromatic nitrogens is 6. The molecule has 8 heteroatoms. The van der Waals surface area contributed by atoms with Crippen LogP contribution in [0.2, 0.25) is 5.28 Å². The van der Waals surface area contributed by atoms with Crippen molar-refractivity contribution in [2.45, 2.75) is 18.9 Å². The fourth-order valence-electron chi connectivity index (χ4n) is 1.74. The Morgan fingerprint density at radius 1 is 1.22 bits per heavy atom. The molecule has 0 aliphatic heterocycles. The predicted molar refractivity (Wildman–Crippen MR) is 65.5 cm³/mol. The summed E-state index contributed by atoms with van der Waals surface area (Å²) in [5, 5.41) is 7.30. The van der Waals surface area contributed by atoms with Gasteiger partial charge >= 0.3 is 0 Å². The zero-order chi connectivity index (χ0) is 12.4. The van der Waals surface area contributed by atoms with Gasteiger partial charge in [-0.3, -0.25) is 0 Å². The van der Waals surface area contributed by atoms with Gasteiger partial charge in [-0.1, -0.05) is 12.2 Å². The minimum atomic E-state index is 0.129. The van der Waals surface area contributed by atoms with Crippen molar-refractivity contribution in [3.63, 3.8) is 0 Å². The van der Waals surface area contributed by atoms with E-state index in [-0.39, 0.29) is 5.28 Å². The third kappa shape index (κ3) is 2.30. The molecule has 0 atom stereocenters. The number of hydrogen-bond donors (Lipinski definition) is 1. The van der Waals surface area contributed by atoms with E-state index in [1.165, 1.54) is 17.3 Å². The highest BCUT2D eigenvalue weighted by Gasteiger charge is 2.13. The first kappa shape index (κ1) is 11.1. The van der Waals surface area contributed by atoms with Crippen LogP contribution in [-0.2, 0) is 0 Å². The van der Waals surface area contributed by atoms with Gasteiger partial charge in [0, 0.05) is 6.04 Å². The maximum absolute atomic E-state index is 5.87. The summed E-state index contributed by atoms with van der Waals surface area (Å²) in [6.45, 7) is 0.